The van der Waals surface area contributed by atoms with E-state index in [0.717, 1.165) is 15.7 Å². The van der Waals surface area contributed by atoms with Gasteiger partial charge in [0.15, 0.2) is 11.0 Å². The van der Waals surface area contributed by atoms with E-state index in [4.69, 9.17) is 23.2 Å². The smallest absolute Gasteiger partial charge is 0.250 e. The Bertz CT molecular complexity index is 1300. The summed E-state index contributed by atoms with van der Waals surface area (Å²) in [5.74, 6) is 0.451. The number of carbonyl (C=O) groups excluding carboxylic acids is 1. The summed E-state index contributed by atoms with van der Waals surface area (Å²) in [4.78, 5) is 16.4. The maximum atomic E-state index is 12.3. The van der Waals surface area contributed by atoms with E-state index in [0.29, 0.717) is 26.6 Å². The van der Waals surface area contributed by atoms with Gasteiger partial charge in [0.05, 0.1) is 17.0 Å². The minimum atomic E-state index is -0.294. The highest BCUT2D eigenvalue weighted by atomic mass is 79.9. The molecule has 2 heterocycles. The Kier molecular flexibility index (Phi) is 7.77. The van der Waals surface area contributed by atoms with E-state index >= 15 is 0 Å². The van der Waals surface area contributed by atoms with Crippen molar-refractivity contribution in [2.45, 2.75) is 5.16 Å². The molecule has 0 saturated carbocycles. The Morgan fingerprint density at radius 1 is 1.09 bits per heavy atom. The van der Waals surface area contributed by atoms with Crippen molar-refractivity contribution in [3.8, 4) is 17.1 Å². The monoisotopic (exact) mass is 560 g/mol. The molecule has 33 heavy (non-hydrogen) atoms. The van der Waals surface area contributed by atoms with Crippen LogP contribution in [-0.4, -0.2) is 37.6 Å². The van der Waals surface area contributed by atoms with E-state index in [1.165, 1.54) is 18.0 Å². The molecule has 0 unspecified atom stereocenters. The molecule has 0 bridgehead atoms. The molecule has 0 radical (unpaired) electrons. The molecule has 0 aliphatic heterocycles. The van der Waals surface area contributed by atoms with Crippen LogP contribution in [0.2, 0.25) is 10.0 Å². The lowest BCUT2D eigenvalue weighted by atomic mass is 10.2. The summed E-state index contributed by atoms with van der Waals surface area (Å²) in [5, 5.41) is 14.2. The highest BCUT2D eigenvalue weighted by Gasteiger charge is 2.17. The molecule has 1 N–H and O–H groups in total. The number of carbonyl (C=O) groups is 1. The lowest BCUT2D eigenvalue weighted by molar-refractivity contribution is -0.118. The van der Waals surface area contributed by atoms with Crippen LogP contribution >= 0.6 is 50.9 Å². The molecule has 1 amide bonds. The van der Waals surface area contributed by atoms with Crippen LogP contribution in [0.25, 0.3) is 17.1 Å². The van der Waals surface area contributed by atoms with E-state index in [1.807, 2.05) is 41.0 Å². The molecule has 2 aromatic carbocycles. The number of nitrogens with one attached hydrogen (secondary N) is 1. The minimum absolute atomic E-state index is 0.0939. The summed E-state index contributed by atoms with van der Waals surface area (Å²) in [6.07, 6.45) is 4.86. The molecular formula is C22H15BrCl2N6OS. The number of hydrogen-bond donors (Lipinski definition) is 1. The first kappa shape index (κ1) is 23.4. The van der Waals surface area contributed by atoms with Crippen LogP contribution in [0.5, 0.6) is 0 Å². The number of benzene rings is 2. The zero-order valence-electron chi connectivity index (χ0n) is 16.8. The van der Waals surface area contributed by atoms with Gasteiger partial charge in [0.2, 0.25) is 0 Å². The molecule has 0 fully saturated rings. The number of nitrogens with zero attached hydrogens (tertiary/aromatic N) is 5. The van der Waals surface area contributed by atoms with Gasteiger partial charge in [-0.1, -0.05) is 57.0 Å². The van der Waals surface area contributed by atoms with Crippen LogP contribution in [0.4, 0.5) is 0 Å². The van der Waals surface area contributed by atoms with Gasteiger partial charge in [-0.05, 0) is 48.5 Å². The van der Waals surface area contributed by atoms with Gasteiger partial charge in [0, 0.05) is 38.7 Å². The average Bonchev–Trinajstić information content (AvgIpc) is 3.24. The normalized spacial score (nSPS) is 11.1. The molecule has 0 spiro atoms. The first-order valence-corrected chi connectivity index (χ1v) is 12.1. The summed E-state index contributed by atoms with van der Waals surface area (Å²) in [7, 11) is 0. The van der Waals surface area contributed by atoms with Crippen LogP contribution in [0.3, 0.4) is 0 Å². The van der Waals surface area contributed by atoms with Crippen molar-refractivity contribution in [3.05, 3.63) is 87.1 Å². The Balaban J connectivity index is 1.49. The number of pyridine rings is 1. The Morgan fingerprint density at radius 3 is 2.58 bits per heavy atom. The SMILES string of the molecule is O=C(CSc1nnc(-c2ccncc2)n1-c1ccc(Br)cc1)N/N=C/c1ccc(Cl)cc1Cl. The molecule has 0 aliphatic rings. The summed E-state index contributed by atoms with van der Waals surface area (Å²) in [6, 6.07) is 16.5. The number of rotatable bonds is 7. The molecule has 4 rings (SSSR count). The zero-order valence-corrected chi connectivity index (χ0v) is 20.7. The molecule has 4 aromatic rings. The third-order valence-electron chi connectivity index (χ3n) is 4.34. The lowest BCUT2D eigenvalue weighted by Crippen LogP contribution is -2.20. The van der Waals surface area contributed by atoms with Crippen molar-refractivity contribution in [2.75, 3.05) is 5.75 Å². The van der Waals surface area contributed by atoms with Crippen molar-refractivity contribution >= 4 is 63.0 Å². The highest BCUT2D eigenvalue weighted by Crippen LogP contribution is 2.28. The molecule has 0 saturated heterocycles. The fraction of sp³-hybridized carbons (Fsp3) is 0.0455. The van der Waals surface area contributed by atoms with Crippen LogP contribution in [0.15, 0.2) is 81.7 Å². The number of amides is 1. The minimum Gasteiger partial charge on any atom is -0.272 e. The van der Waals surface area contributed by atoms with E-state index in [2.05, 4.69) is 41.6 Å². The molecular weight excluding hydrogens is 547 g/mol. The lowest BCUT2D eigenvalue weighted by Gasteiger charge is -2.10. The van der Waals surface area contributed by atoms with Crippen LogP contribution in [0.1, 0.15) is 5.56 Å². The van der Waals surface area contributed by atoms with Gasteiger partial charge < -0.3 is 0 Å². The van der Waals surface area contributed by atoms with Crippen molar-refractivity contribution in [2.24, 2.45) is 5.10 Å². The summed E-state index contributed by atoms with van der Waals surface area (Å²) < 4.78 is 2.85. The van der Waals surface area contributed by atoms with Gasteiger partial charge in [-0.25, -0.2) is 5.43 Å². The molecule has 0 aliphatic carbocycles. The molecule has 11 heteroatoms. The zero-order chi connectivity index (χ0) is 23.2. The van der Waals surface area contributed by atoms with Gasteiger partial charge in [0.1, 0.15) is 0 Å². The van der Waals surface area contributed by atoms with Gasteiger partial charge in [-0.3, -0.25) is 14.3 Å². The quantitative estimate of drug-likeness (QED) is 0.179. The van der Waals surface area contributed by atoms with E-state index in [-0.39, 0.29) is 11.7 Å². The van der Waals surface area contributed by atoms with Crippen molar-refractivity contribution in [3.63, 3.8) is 0 Å². The number of halogens is 3. The van der Waals surface area contributed by atoms with Gasteiger partial charge >= 0.3 is 0 Å². The Labute approximate surface area is 212 Å². The molecule has 0 atom stereocenters. The number of thioether (sulfide) groups is 1. The third-order valence-corrected chi connectivity index (χ3v) is 6.36. The second-order valence-electron chi connectivity index (χ2n) is 6.60. The first-order chi connectivity index (χ1) is 16.0. The van der Waals surface area contributed by atoms with Crippen LogP contribution < -0.4 is 5.43 Å². The predicted molar refractivity (Wildman–Crippen MR) is 135 cm³/mol. The summed E-state index contributed by atoms with van der Waals surface area (Å²) in [6.45, 7) is 0. The topological polar surface area (TPSA) is 85.1 Å². The third kappa shape index (κ3) is 6.00. The Hall–Kier alpha value is -2.72. The van der Waals surface area contributed by atoms with E-state index in [1.54, 1.807) is 30.6 Å². The van der Waals surface area contributed by atoms with E-state index < -0.39 is 0 Å². The Morgan fingerprint density at radius 2 is 1.85 bits per heavy atom. The second-order valence-corrected chi connectivity index (χ2v) is 9.30. The predicted octanol–water partition coefficient (Wildman–Crippen LogP) is 5.64. The number of hydrogen-bond acceptors (Lipinski definition) is 6. The second kappa shape index (κ2) is 10.9. The molecule has 7 nitrogen and oxygen atoms in total. The van der Waals surface area contributed by atoms with Gasteiger partial charge in [-0.15, -0.1) is 10.2 Å². The summed E-state index contributed by atoms with van der Waals surface area (Å²) >= 11 is 16.7. The first-order valence-electron chi connectivity index (χ1n) is 9.53. The van der Waals surface area contributed by atoms with Crippen LogP contribution in [0, 0.1) is 0 Å². The number of hydrazone groups is 1. The average molecular weight is 562 g/mol. The fourth-order valence-electron chi connectivity index (χ4n) is 2.82. The van der Waals surface area contributed by atoms with Gasteiger partial charge in [0.25, 0.3) is 5.91 Å². The van der Waals surface area contributed by atoms with Crippen LogP contribution in [-0.2, 0) is 4.79 Å². The molecule has 2 aromatic heterocycles. The van der Waals surface area contributed by atoms with Gasteiger partial charge in [-0.2, -0.15) is 5.10 Å². The summed E-state index contributed by atoms with van der Waals surface area (Å²) in [5.41, 5.74) is 4.87. The molecule has 166 valence electrons. The van der Waals surface area contributed by atoms with E-state index in [9.17, 15) is 4.79 Å². The van der Waals surface area contributed by atoms with Crippen molar-refractivity contribution in [1.82, 2.24) is 25.2 Å². The van der Waals surface area contributed by atoms with Crippen molar-refractivity contribution < 1.29 is 4.79 Å². The standard InChI is InChI=1S/C22H15BrCl2N6OS/c23-16-2-5-18(6-3-16)31-21(14-7-9-26-10-8-14)29-30-22(31)33-13-20(32)28-27-12-15-1-4-17(24)11-19(15)25/h1-12H,13H2,(H,28,32)/b27-12+. The highest BCUT2D eigenvalue weighted by molar-refractivity contribution is 9.10. The largest absolute Gasteiger partial charge is 0.272 e. The maximum absolute atomic E-state index is 12.3. The van der Waals surface area contributed by atoms with Crippen molar-refractivity contribution in [1.29, 1.82) is 0 Å². The fourth-order valence-corrected chi connectivity index (χ4v) is 4.28. The maximum Gasteiger partial charge on any atom is 0.250 e. The number of aromatic nitrogens is 4.